The maximum atomic E-state index is 6.50. The lowest BCUT2D eigenvalue weighted by molar-refractivity contribution is 0.174. The number of ether oxygens (including phenoxy) is 2. The summed E-state index contributed by atoms with van der Waals surface area (Å²) in [7, 11) is 0. The van der Waals surface area contributed by atoms with Crippen molar-refractivity contribution in [2.45, 2.75) is 6.42 Å². The monoisotopic (exact) mass is 189 g/mol. The molecule has 1 aliphatic rings. The highest BCUT2D eigenvalue weighted by Gasteiger charge is 2.12. The first-order valence-electron chi connectivity index (χ1n) is 4.15. The van der Waals surface area contributed by atoms with Gasteiger partial charge in [0.1, 0.15) is 0 Å². The highest BCUT2D eigenvalue weighted by molar-refractivity contribution is 5.44. The van der Waals surface area contributed by atoms with E-state index in [-0.39, 0.29) is 0 Å². The summed E-state index contributed by atoms with van der Waals surface area (Å²) in [4.78, 5) is 0. The van der Waals surface area contributed by atoms with E-state index in [1.54, 1.807) is 0 Å². The predicted octanol–water partition coefficient (Wildman–Crippen LogP) is 2.28. The molecule has 0 atom stereocenters. The van der Waals surface area contributed by atoms with Crippen LogP contribution in [0.1, 0.15) is 5.56 Å². The summed E-state index contributed by atoms with van der Waals surface area (Å²) in [5, 5.41) is 6.50. The molecule has 0 radical (unpaired) electrons. The minimum atomic E-state index is 0.340. The number of hydrogen-bond acceptors (Lipinski definition) is 3. The van der Waals surface area contributed by atoms with Crippen LogP contribution in [0.4, 0.5) is 0 Å². The predicted molar refractivity (Wildman–Crippen MR) is 53.1 cm³/mol. The SMILES string of the molecule is C#N.C=CCc1ccc2c(c1)OCO2. The van der Waals surface area contributed by atoms with E-state index >= 15 is 0 Å². The molecule has 72 valence electrons. The normalized spacial score (nSPS) is 11.3. The molecular formula is C11H11NO2. The molecule has 1 heterocycles. The van der Waals surface area contributed by atoms with Crippen molar-refractivity contribution in [3.8, 4) is 18.1 Å². The van der Waals surface area contributed by atoms with Crippen molar-refractivity contribution in [2.75, 3.05) is 6.79 Å². The maximum Gasteiger partial charge on any atom is 0.231 e. The third kappa shape index (κ3) is 2.05. The third-order valence-electron chi connectivity index (χ3n) is 1.82. The van der Waals surface area contributed by atoms with Gasteiger partial charge in [-0.05, 0) is 24.1 Å². The zero-order chi connectivity index (χ0) is 10.4. The molecule has 0 amide bonds. The van der Waals surface area contributed by atoms with Crippen molar-refractivity contribution >= 4 is 0 Å². The van der Waals surface area contributed by atoms with Crippen molar-refractivity contribution in [3.63, 3.8) is 0 Å². The molecule has 3 nitrogen and oxygen atoms in total. The first-order valence-corrected chi connectivity index (χ1v) is 4.15. The molecule has 0 aliphatic carbocycles. The van der Waals surface area contributed by atoms with Crippen molar-refractivity contribution < 1.29 is 9.47 Å². The summed E-state index contributed by atoms with van der Waals surface area (Å²) in [5.74, 6) is 1.68. The molecule has 1 aliphatic heterocycles. The van der Waals surface area contributed by atoms with Gasteiger partial charge in [0.25, 0.3) is 0 Å². The number of fused-ring (bicyclic) bond motifs is 1. The van der Waals surface area contributed by atoms with Gasteiger partial charge in [0.15, 0.2) is 11.5 Å². The number of allylic oxidation sites excluding steroid dienone is 1. The number of nitrogens with zero attached hydrogens (tertiary/aromatic N) is 1. The molecule has 3 heteroatoms. The lowest BCUT2D eigenvalue weighted by Crippen LogP contribution is -1.92. The minimum absolute atomic E-state index is 0.340. The topological polar surface area (TPSA) is 42.2 Å². The Hall–Kier alpha value is -1.95. The fourth-order valence-electron chi connectivity index (χ4n) is 1.23. The minimum Gasteiger partial charge on any atom is -0.454 e. The van der Waals surface area contributed by atoms with Crippen LogP contribution in [-0.2, 0) is 6.42 Å². The molecular weight excluding hydrogens is 178 g/mol. The van der Waals surface area contributed by atoms with Gasteiger partial charge in [0.05, 0.1) is 0 Å². The Labute approximate surface area is 83.2 Å². The van der Waals surface area contributed by atoms with Crippen LogP contribution in [0.15, 0.2) is 30.9 Å². The Morgan fingerprint density at radius 1 is 1.36 bits per heavy atom. The maximum absolute atomic E-state index is 6.50. The molecule has 0 fully saturated rings. The van der Waals surface area contributed by atoms with Gasteiger partial charge >= 0.3 is 0 Å². The molecule has 2 rings (SSSR count). The van der Waals surface area contributed by atoms with E-state index in [1.807, 2.05) is 24.3 Å². The second kappa shape index (κ2) is 4.93. The van der Waals surface area contributed by atoms with Crippen LogP contribution in [0.2, 0.25) is 0 Å². The van der Waals surface area contributed by atoms with Gasteiger partial charge in [-0.1, -0.05) is 12.1 Å². The number of benzene rings is 1. The molecule has 1 aromatic carbocycles. The van der Waals surface area contributed by atoms with E-state index in [9.17, 15) is 0 Å². The van der Waals surface area contributed by atoms with Gasteiger partial charge in [-0.2, -0.15) is 0 Å². The van der Waals surface area contributed by atoms with E-state index in [1.165, 1.54) is 5.56 Å². The van der Waals surface area contributed by atoms with Crippen LogP contribution in [0.5, 0.6) is 11.5 Å². The Balaban J connectivity index is 0.000000461. The third-order valence-corrected chi connectivity index (χ3v) is 1.82. The lowest BCUT2D eigenvalue weighted by Gasteiger charge is -1.98. The van der Waals surface area contributed by atoms with E-state index in [0.717, 1.165) is 17.9 Å². The lowest BCUT2D eigenvalue weighted by atomic mass is 10.1. The van der Waals surface area contributed by atoms with Crippen molar-refractivity contribution in [2.24, 2.45) is 0 Å². The van der Waals surface area contributed by atoms with Gasteiger partial charge < -0.3 is 9.47 Å². The summed E-state index contributed by atoms with van der Waals surface area (Å²) in [5.41, 5.74) is 1.20. The standard InChI is InChI=1S/C10H10O2.CHN/c1-2-3-8-4-5-9-10(6-8)12-7-11-9;1-2/h2,4-6H,1,3,7H2;1H. The molecule has 1 aromatic rings. The average Bonchev–Trinajstić information content (AvgIpc) is 2.68. The van der Waals surface area contributed by atoms with Gasteiger partial charge in [-0.3, -0.25) is 0 Å². The van der Waals surface area contributed by atoms with Crippen molar-refractivity contribution in [1.29, 1.82) is 5.26 Å². The van der Waals surface area contributed by atoms with Crippen LogP contribution < -0.4 is 9.47 Å². The first-order chi connectivity index (χ1) is 6.90. The molecule has 0 unspecified atom stereocenters. The highest BCUT2D eigenvalue weighted by atomic mass is 16.7. The van der Waals surface area contributed by atoms with Gasteiger partial charge in [-0.25, -0.2) is 5.26 Å². The summed E-state index contributed by atoms with van der Waals surface area (Å²) in [6.45, 7) is 7.52. The molecule has 0 N–H and O–H groups in total. The van der Waals surface area contributed by atoms with E-state index in [2.05, 4.69) is 13.2 Å². The van der Waals surface area contributed by atoms with Crippen LogP contribution in [0.3, 0.4) is 0 Å². The van der Waals surface area contributed by atoms with Gasteiger partial charge in [-0.15, -0.1) is 6.58 Å². The Morgan fingerprint density at radius 3 is 2.79 bits per heavy atom. The van der Waals surface area contributed by atoms with Crippen LogP contribution in [-0.4, -0.2) is 6.79 Å². The number of rotatable bonds is 2. The number of hydrogen-bond donors (Lipinski definition) is 0. The molecule has 0 saturated heterocycles. The van der Waals surface area contributed by atoms with Crippen molar-refractivity contribution in [1.82, 2.24) is 0 Å². The number of nitriles is 1. The highest BCUT2D eigenvalue weighted by Crippen LogP contribution is 2.32. The Kier molecular flexibility index (Phi) is 3.57. The molecule has 14 heavy (non-hydrogen) atoms. The Morgan fingerprint density at radius 2 is 2.07 bits per heavy atom. The second-order valence-corrected chi connectivity index (χ2v) is 2.68. The second-order valence-electron chi connectivity index (χ2n) is 2.68. The summed E-state index contributed by atoms with van der Waals surface area (Å²) in [6, 6.07) is 5.94. The average molecular weight is 189 g/mol. The Bertz CT molecular complexity index is 344. The van der Waals surface area contributed by atoms with Crippen LogP contribution >= 0.6 is 0 Å². The molecule has 0 bridgehead atoms. The van der Waals surface area contributed by atoms with E-state index < -0.39 is 0 Å². The van der Waals surface area contributed by atoms with Gasteiger partial charge in [0.2, 0.25) is 6.79 Å². The first kappa shape index (κ1) is 10.1. The fraction of sp³-hybridized carbons (Fsp3) is 0.182. The van der Waals surface area contributed by atoms with E-state index in [0.29, 0.717) is 6.79 Å². The summed E-state index contributed by atoms with van der Waals surface area (Å²) >= 11 is 0. The van der Waals surface area contributed by atoms with Crippen LogP contribution in [0.25, 0.3) is 0 Å². The van der Waals surface area contributed by atoms with E-state index in [4.69, 9.17) is 14.7 Å². The largest absolute Gasteiger partial charge is 0.454 e. The quantitative estimate of drug-likeness (QED) is 0.670. The zero-order valence-electron chi connectivity index (χ0n) is 7.77. The summed E-state index contributed by atoms with van der Waals surface area (Å²) < 4.78 is 10.4. The molecule has 0 saturated carbocycles. The smallest absolute Gasteiger partial charge is 0.231 e. The molecule has 0 spiro atoms. The van der Waals surface area contributed by atoms with Crippen LogP contribution in [0, 0.1) is 11.8 Å². The fourth-order valence-corrected chi connectivity index (χ4v) is 1.23. The zero-order valence-corrected chi connectivity index (χ0v) is 7.77. The molecule has 0 aromatic heterocycles. The van der Waals surface area contributed by atoms with Gasteiger partial charge in [0, 0.05) is 6.57 Å². The summed E-state index contributed by atoms with van der Waals surface area (Å²) in [6.07, 6.45) is 2.74. The van der Waals surface area contributed by atoms with Crippen molar-refractivity contribution in [3.05, 3.63) is 36.4 Å².